The summed E-state index contributed by atoms with van der Waals surface area (Å²) in [6.45, 7) is 0.972. The number of carbonyl (C=O) groups excluding carboxylic acids is 1. The molecule has 0 aliphatic rings. The number of ether oxygens (including phenoxy) is 2. The van der Waals surface area contributed by atoms with E-state index < -0.39 is 0 Å². The fourth-order valence-electron chi connectivity index (χ4n) is 1.42. The van der Waals surface area contributed by atoms with E-state index in [0.717, 1.165) is 11.3 Å². The first-order valence-corrected chi connectivity index (χ1v) is 5.04. The van der Waals surface area contributed by atoms with Crippen LogP contribution in [0.1, 0.15) is 5.56 Å². The summed E-state index contributed by atoms with van der Waals surface area (Å²) < 4.78 is 9.73. The summed E-state index contributed by atoms with van der Waals surface area (Å²) in [6.07, 6.45) is 0. The summed E-state index contributed by atoms with van der Waals surface area (Å²) in [5.74, 6) is 0.592. The molecule has 0 spiro atoms. The number of benzene rings is 1. The van der Waals surface area contributed by atoms with Crippen LogP contribution in [0, 0.1) is 0 Å². The van der Waals surface area contributed by atoms with Gasteiger partial charge in [-0.3, -0.25) is 9.69 Å². The molecule has 1 aromatic carbocycles. The molecule has 0 atom stereocenters. The number of likely N-dealkylation sites (N-methyl/N-ethyl adjacent to an activating group) is 1. The molecule has 1 rings (SSSR count). The highest BCUT2D eigenvalue weighted by atomic mass is 16.5. The number of carbonyl (C=O) groups is 1. The number of rotatable bonds is 5. The smallest absolute Gasteiger partial charge is 0.319 e. The molecule has 0 fully saturated rings. The van der Waals surface area contributed by atoms with Crippen LogP contribution in [-0.4, -0.2) is 38.7 Å². The largest absolute Gasteiger partial charge is 0.497 e. The maximum atomic E-state index is 11.0. The summed E-state index contributed by atoms with van der Waals surface area (Å²) in [7, 11) is 4.90. The van der Waals surface area contributed by atoms with Gasteiger partial charge in [0.15, 0.2) is 0 Å². The number of methoxy groups -OCH3 is 2. The Morgan fingerprint density at radius 2 is 2.12 bits per heavy atom. The van der Waals surface area contributed by atoms with Crippen LogP contribution in [0.2, 0.25) is 0 Å². The van der Waals surface area contributed by atoms with Crippen molar-refractivity contribution < 1.29 is 14.3 Å². The second-order valence-corrected chi connectivity index (χ2v) is 3.60. The van der Waals surface area contributed by atoms with Gasteiger partial charge in [0.25, 0.3) is 0 Å². The maximum Gasteiger partial charge on any atom is 0.319 e. The van der Waals surface area contributed by atoms with Crippen molar-refractivity contribution >= 4 is 5.97 Å². The van der Waals surface area contributed by atoms with Crippen molar-refractivity contribution in [1.29, 1.82) is 0 Å². The standard InChI is InChI=1S/C12H17NO3/c1-13(9-12(14)16-3)8-10-5-4-6-11(7-10)15-2/h4-7H,8-9H2,1-3H3. The summed E-state index contributed by atoms with van der Waals surface area (Å²) in [5.41, 5.74) is 1.10. The van der Waals surface area contributed by atoms with E-state index in [-0.39, 0.29) is 12.5 Å². The van der Waals surface area contributed by atoms with E-state index >= 15 is 0 Å². The molecule has 88 valence electrons. The van der Waals surface area contributed by atoms with Crippen LogP contribution in [0.4, 0.5) is 0 Å². The first-order chi connectivity index (χ1) is 7.65. The molecule has 0 aliphatic carbocycles. The van der Waals surface area contributed by atoms with Crippen LogP contribution < -0.4 is 4.74 Å². The lowest BCUT2D eigenvalue weighted by atomic mass is 10.2. The zero-order valence-electron chi connectivity index (χ0n) is 9.90. The maximum absolute atomic E-state index is 11.0. The van der Waals surface area contributed by atoms with Gasteiger partial charge in [-0.1, -0.05) is 12.1 Å². The average Bonchev–Trinajstić information content (AvgIpc) is 2.28. The Morgan fingerprint density at radius 3 is 2.75 bits per heavy atom. The minimum atomic E-state index is -0.231. The van der Waals surface area contributed by atoms with E-state index in [0.29, 0.717) is 6.54 Å². The van der Waals surface area contributed by atoms with Gasteiger partial charge in [-0.15, -0.1) is 0 Å². The highest BCUT2D eigenvalue weighted by Crippen LogP contribution is 2.13. The van der Waals surface area contributed by atoms with E-state index in [9.17, 15) is 4.79 Å². The molecule has 0 saturated carbocycles. The van der Waals surface area contributed by atoms with E-state index in [1.54, 1.807) is 7.11 Å². The summed E-state index contributed by atoms with van der Waals surface area (Å²) in [4.78, 5) is 12.9. The SMILES string of the molecule is COC(=O)CN(C)Cc1cccc(OC)c1. The summed E-state index contributed by atoms with van der Waals surface area (Å²) >= 11 is 0. The Hall–Kier alpha value is -1.55. The van der Waals surface area contributed by atoms with Crippen LogP contribution in [0.3, 0.4) is 0 Å². The van der Waals surface area contributed by atoms with Crippen LogP contribution in [0.5, 0.6) is 5.75 Å². The molecule has 4 heteroatoms. The van der Waals surface area contributed by atoms with Crippen molar-refractivity contribution in [2.24, 2.45) is 0 Å². The topological polar surface area (TPSA) is 38.8 Å². The Balaban J connectivity index is 2.55. The third-order valence-corrected chi connectivity index (χ3v) is 2.21. The molecular weight excluding hydrogens is 206 g/mol. The molecule has 0 heterocycles. The molecule has 0 saturated heterocycles. The van der Waals surface area contributed by atoms with Gasteiger partial charge in [-0.05, 0) is 24.7 Å². The van der Waals surface area contributed by atoms with Gasteiger partial charge in [0, 0.05) is 6.54 Å². The van der Waals surface area contributed by atoms with Gasteiger partial charge >= 0.3 is 5.97 Å². The Labute approximate surface area is 95.8 Å². The van der Waals surface area contributed by atoms with Crippen molar-refractivity contribution in [3.05, 3.63) is 29.8 Å². The third-order valence-electron chi connectivity index (χ3n) is 2.21. The monoisotopic (exact) mass is 223 g/mol. The molecule has 0 aromatic heterocycles. The fraction of sp³-hybridized carbons (Fsp3) is 0.417. The molecule has 1 aromatic rings. The molecule has 4 nitrogen and oxygen atoms in total. The van der Waals surface area contributed by atoms with Gasteiger partial charge in [0.2, 0.25) is 0 Å². The third kappa shape index (κ3) is 3.90. The van der Waals surface area contributed by atoms with Gasteiger partial charge < -0.3 is 9.47 Å². The van der Waals surface area contributed by atoms with Crippen molar-refractivity contribution in [3.8, 4) is 5.75 Å². The van der Waals surface area contributed by atoms with Crippen LogP contribution in [0.25, 0.3) is 0 Å². The van der Waals surface area contributed by atoms with Crippen molar-refractivity contribution in [2.75, 3.05) is 27.8 Å². The lowest BCUT2D eigenvalue weighted by Crippen LogP contribution is -2.26. The second kappa shape index (κ2) is 6.12. The number of hydrogen-bond acceptors (Lipinski definition) is 4. The Bertz CT molecular complexity index is 352. The fourth-order valence-corrected chi connectivity index (χ4v) is 1.42. The second-order valence-electron chi connectivity index (χ2n) is 3.60. The minimum Gasteiger partial charge on any atom is -0.497 e. The lowest BCUT2D eigenvalue weighted by Gasteiger charge is -2.15. The van der Waals surface area contributed by atoms with Crippen molar-refractivity contribution in [3.63, 3.8) is 0 Å². The molecule has 0 bridgehead atoms. The van der Waals surface area contributed by atoms with E-state index in [2.05, 4.69) is 4.74 Å². The van der Waals surface area contributed by atoms with Crippen molar-refractivity contribution in [1.82, 2.24) is 4.90 Å². The molecule has 0 radical (unpaired) electrons. The number of esters is 1. The molecule has 0 unspecified atom stereocenters. The normalized spacial score (nSPS) is 10.2. The molecular formula is C12H17NO3. The van der Waals surface area contributed by atoms with E-state index in [4.69, 9.17) is 4.74 Å². The predicted octanol–water partition coefficient (Wildman–Crippen LogP) is 1.30. The highest BCUT2D eigenvalue weighted by molar-refractivity contribution is 5.71. The molecule has 0 amide bonds. The van der Waals surface area contributed by atoms with Crippen LogP contribution in [-0.2, 0) is 16.1 Å². The first kappa shape index (κ1) is 12.5. The minimum absolute atomic E-state index is 0.231. The lowest BCUT2D eigenvalue weighted by molar-refractivity contribution is -0.141. The zero-order chi connectivity index (χ0) is 12.0. The Kier molecular flexibility index (Phi) is 4.79. The van der Waals surface area contributed by atoms with Gasteiger partial charge in [0.05, 0.1) is 20.8 Å². The van der Waals surface area contributed by atoms with Gasteiger partial charge in [-0.2, -0.15) is 0 Å². The van der Waals surface area contributed by atoms with E-state index in [1.165, 1.54) is 7.11 Å². The van der Waals surface area contributed by atoms with Crippen LogP contribution in [0.15, 0.2) is 24.3 Å². The number of hydrogen-bond donors (Lipinski definition) is 0. The first-order valence-electron chi connectivity index (χ1n) is 5.04. The van der Waals surface area contributed by atoms with E-state index in [1.807, 2.05) is 36.2 Å². The average molecular weight is 223 g/mol. The molecule has 16 heavy (non-hydrogen) atoms. The molecule has 0 aliphatic heterocycles. The Morgan fingerprint density at radius 1 is 1.38 bits per heavy atom. The predicted molar refractivity (Wildman–Crippen MR) is 61.3 cm³/mol. The van der Waals surface area contributed by atoms with Crippen molar-refractivity contribution in [2.45, 2.75) is 6.54 Å². The van der Waals surface area contributed by atoms with Gasteiger partial charge in [0.1, 0.15) is 5.75 Å². The highest BCUT2D eigenvalue weighted by Gasteiger charge is 2.06. The van der Waals surface area contributed by atoms with Gasteiger partial charge in [-0.25, -0.2) is 0 Å². The summed E-state index contributed by atoms with van der Waals surface area (Å²) in [5, 5.41) is 0. The van der Waals surface area contributed by atoms with Crippen LogP contribution >= 0.6 is 0 Å². The number of nitrogens with zero attached hydrogens (tertiary/aromatic N) is 1. The zero-order valence-corrected chi connectivity index (χ0v) is 9.90. The molecule has 0 N–H and O–H groups in total. The quantitative estimate of drug-likeness (QED) is 0.705. The summed E-state index contributed by atoms with van der Waals surface area (Å²) in [6, 6.07) is 7.77.